The van der Waals surface area contributed by atoms with Crippen LogP contribution in [0.1, 0.15) is 59.3 Å². The average molecular weight is 256 g/mol. The molecular weight excluding hydrogens is 224 g/mol. The summed E-state index contributed by atoms with van der Waals surface area (Å²) >= 11 is 0. The molecule has 0 radical (unpaired) electrons. The Morgan fingerprint density at radius 3 is 2.56 bits per heavy atom. The minimum absolute atomic E-state index is 0.112. The van der Waals surface area contributed by atoms with Gasteiger partial charge in [-0.3, -0.25) is 0 Å². The second kappa shape index (κ2) is 7.46. The van der Waals surface area contributed by atoms with Crippen molar-refractivity contribution in [3.8, 4) is 0 Å². The van der Waals surface area contributed by atoms with Gasteiger partial charge in [-0.25, -0.2) is 0 Å². The first-order valence-electron chi connectivity index (χ1n) is 7.59. The summed E-state index contributed by atoms with van der Waals surface area (Å²) in [5.74, 6) is 0. The number of nitrogens with zero attached hydrogens (tertiary/aromatic N) is 1. The summed E-state index contributed by atoms with van der Waals surface area (Å²) in [6.45, 7) is 8.07. The van der Waals surface area contributed by atoms with Crippen LogP contribution in [0.25, 0.3) is 0 Å². The molecule has 0 bridgehead atoms. The second-order valence-corrected chi connectivity index (χ2v) is 6.38. The van der Waals surface area contributed by atoms with Gasteiger partial charge in [0.05, 0.1) is 6.61 Å². The normalized spacial score (nSPS) is 21.0. The number of aliphatic hydroxyl groups is 1. The number of hydrogen-bond donors (Lipinski definition) is 2. The predicted octanol–water partition coefficient (Wildman–Crippen LogP) is 2.39. The summed E-state index contributed by atoms with van der Waals surface area (Å²) in [5, 5.41) is 13.2. The van der Waals surface area contributed by atoms with E-state index in [-0.39, 0.29) is 12.1 Å². The summed E-state index contributed by atoms with van der Waals surface area (Å²) < 4.78 is 0. The zero-order chi connectivity index (χ0) is 13.6. The van der Waals surface area contributed by atoms with Crippen LogP contribution in [0.15, 0.2) is 0 Å². The predicted molar refractivity (Wildman–Crippen MR) is 77.9 cm³/mol. The van der Waals surface area contributed by atoms with E-state index in [0.717, 1.165) is 6.42 Å². The van der Waals surface area contributed by atoms with Crippen LogP contribution in [0, 0.1) is 0 Å². The lowest BCUT2D eigenvalue weighted by Crippen LogP contribution is -2.51. The number of nitrogens with one attached hydrogen (secondary N) is 1. The molecule has 2 unspecified atom stereocenters. The third kappa shape index (κ3) is 5.68. The van der Waals surface area contributed by atoms with Crippen LogP contribution in [0.5, 0.6) is 0 Å². The highest BCUT2D eigenvalue weighted by Gasteiger charge is 2.33. The maximum absolute atomic E-state index is 9.63. The maximum Gasteiger partial charge on any atom is 0.0611 e. The Balaban J connectivity index is 2.32. The Morgan fingerprint density at radius 1 is 1.39 bits per heavy atom. The van der Waals surface area contributed by atoms with E-state index in [2.05, 4.69) is 38.0 Å². The fourth-order valence-electron chi connectivity index (χ4n) is 2.53. The van der Waals surface area contributed by atoms with Gasteiger partial charge in [0.25, 0.3) is 0 Å². The highest BCUT2D eigenvalue weighted by molar-refractivity contribution is 4.94. The van der Waals surface area contributed by atoms with E-state index in [4.69, 9.17) is 0 Å². The SMILES string of the molecule is CCCCCN(C)C(C)CC(C)(CO)NC1CC1. The molecule has 1 saturated carbocycles. The lowest BCUT2D eigenvalue weighted by atomic mass is 9.93. The molecule has 1 aliphatic rings. The van der Waals surface area contributed by atoms with Crippen LogP contribution >= 0.6 is 0 Å². The summed E-state index contributed by atoms with van der Waals surface area (Å²) in [6, 6.07) is 1.17. The molecule has 3 nitrogen and oxygen atoms in total. The molecule has 0 amide bonds. The molecule has 108 valence electrons. The van der Waals surface area contributed by atoms with Crippen molar-refractivity contribution in [1.82, 2.24) is 10.2 Å². The fraction of sp³-hybridized carbons (Fsp3) is 1.00. The minimum atomic E-state index is -0.112. The maximum atomic E-state index is 9.63. The second-order valence-electron chi connectivity index (χ2n) is 6.38. The standard InChI is InChI=1S/C15H32N2O/c1-5-6-7-10-17(4)13(2)11-15(3,12-18)16-14-8-9-14/h13-14,16,18H,5-12H2,1-4H3. The largest absolute Gasteiger partial charge is 0.394 e. The van der Waals surface area contributed by atoms with Crippen molar-refractivity contribution in [3.05, 3.63) is 0 Å². The zero-order valence-corrected chi connectivity index (χ0v) is 12.7. The number of unbranched alkanes of at least 4 members (excludes halogenated alkanes) is 2. The van der Waals surface area contributed by atoms with Crippen LogP contribution in [0.2, 0.25) is 0 Å². The van der Waals surface area contributed by atoms with Gasteiger partial charge in [0.15, 0.2) is 0 Å². The van der Waals surface area contributed by atoms with Crippen molar-refractivity contribution >= 4 is 0 Å². The lowest BCUT2D eigenvalue weighted by molar-refractivity contribution is 0.124. The molecule has 3 heteroatoms. The Kier molecular flexibility index (Phi) is 6.61. The molecule has 0 aromatic carbocycles. The van der Waals surface area contributed by atoms with E-state index >= 15 is 0 Å². The highest BCUT2D eigenvalue weighted by Crippen LogP contribution is 2.25. The van der Waals surface area contributed by atoms with Crippen molar-refractivity contribution in [1.29, 1.82) is 0 Å². The molecule has 1 aliphatic carbocycles. The summed E-state index contributed by atoms with van der Waals surface area (Å²) in [5.41, 5.74) is -0.112. The first-order chi connectivity index (χ1) is 8.50. The number of rotatable bonds is 10. The van der Waals surface area contributed by atoms with Gasteiger partial charge in [0.1, 0.15) is 0 Å². The van der Waals surface area contributed by atoms with E-state index in [1.54, 1.807) is 0 Å². The minimum Gasteiger partial charge on any atom is -0.394 e. The Hall–Kier alpha value is -0.120. The van der Waals surface area contributed by atoms with Crippen LogP contribution < -0.4 is 5.32 Å². The van der Waals surface area contributed by atoms with Crippen LogP contribution in [-0.2, 0) is 0 Å². The van der Waals surface area contributed by atoms with Gasteiger partial charge in [0.2, 0.25) is 0 Å². The van der Waals surface area contributed by atoms with E-state index in [1.165, 1.54) is 38.6 Å². The molecule has 1 rings (SSSR count). The molecule has 1 fully saturated rings. The van der Waals surface area contributed by atoms with Crippen molar-refractivity contribution in [2.45, 2.75) is 76.9 Å². The number of aliphatic hydroxyl groups excluding tert-OH is 1. The summed E-state index contributed by atoms with van der Waals surface area (Å²) in [7, 11) is 2.20. The van der Waals surface area contributed by atoms with Crippen molar-refractivity contribution in [2.75, 3.05) is 20.2 Å². The van der Waals surface area contributed by atoms with Crippen LogP contribution in [-0.4, -0.2) is 47.8 Å². The van der Waals surface area contributed by atoms with Gasteiger partial charge in [-0.05, 0) is 53.1 Å². The first-order valence-corrected chi connectivity index (χ1v) is 7.59. The van der Waals surface area contributed by atoms with Crippen molar-refractivity contribution in [3.63, 3.8) is 0 Å². The van der Waals surface area contributed by atoms with Gasteiger partial charge >= 0.3 is 0 Å². The van der Waals surface area contributed by atoms with E-state index in [1.807, 2.05) is 0 Å². The molecule has 0 aromatic heterocycles. The molecule has 0 spiro atoms. The summed E-state index contributed by atoms with van der Waals surface area (Å²) in [6.07, 6.45) is 7.44. The van der Waals surface area contributed by atoms with Gasteiger partial charge < -0.3 is 15.3 Å². The quantitative estimate of drug-likeness (QED) is 0.589. The van der Waals surface area contributed by atoms with E-state index in [9.17, 15) is 5.11 Å². The topological polar surface area (TPSA) is 35.5 Å². The molecule has 18 heavy (non-hydrogen) atoms. The van der Waals surface area contributed by atoms with E-state index in [0.29, 0.717) is 12.1 Å². The van der Waals surface area contributed by atoms with Gasteiger partial charge in [-0.1, -0.05) is 19.8 Å². The molecule has 0 saturated heterocycles. The molecule has 0 aromatic rings. The van der Waals surface area contributed by atoms with Crippen molar-refractivity contribution < 1.29 is 5.11 Å². The Morgan fingerprint density at radius 2 is 2.06 bits per heavy atom. The molecule has 2 atom stereocenters. The third-order valence-electron chi connectivity index (χ3n) is 4.09. The Bertz CT molecular complexity index is 231. The average Bonchev–Trinajstić information content (AvgIpc) is 3.12. The molecule has 0 heterocycles. The third-order valence-corrected chi connectivity index (χ3v) is 4.09. The molecule has 2 N–H and O–H groups in total. The van der Waals surface area contributed by atoms with E-state index < -0.39 is 0 Å². The van der Waals surface area contributed by atoms with Gasteiger partial charge in [0, 0.05) is 17.6 Å². The van der Waals surface area contributed by atoms with Crippen molar-refractivity contribution in [2.24, 2.45) is 0 Å². The monoisotopic (exact) mass is 256 g/mol. The Labute approximate surface area is 113 Å². The number of hydrogen-bond acceptors (Lipinski definition) is 3. The van der Waals surface area contributed by atoms with Gasteiger partial charge in [-0.2, -0.15) is 0 Å². The highest BCUT2D eigenvalue weighted by atomic mass is 16.3. The van der Waals surface area contributed by atoms with Crippen LogP contribution in [0.3, 0.4) is 0 Å². The molecule has 0 aliphatic heterocycles. The first kappa shape index (κ1) is 15.9. The zero-order valence-electron chi connectivity index (χ0n) is 12.7. The lowest BCUT2D eigenvalue weighted by Gasteiger charge is -2.35. The van der Waals surface area contributed by atoms with Gasteiger partial charge in [-0.15, -0.1) is 0 Å². The fourth-order valence-corrected chi connectivity index (χ4v) is 2.53. The van der Waals surface area contributed by atoms with Crippen LogP contribution in [0.4, 0.5) is 0 Å². The molecular formula is C15H32N2O. The summed E-state index contributed by atoms with van der Waals surface area (Å²) in [4.78, 5) is 2.43. The smallest absolute Gasteiger partial charge is 0.0611 e.